The van der Waals surface area contributed by atoms with Gasteiger partial charge in [0, 0.05) is 17.2 Å². The second-order valence-electron chi connectivity index (χ2n) is 8.15. The van der Waals surface area contributed by atoms with Gasteiger partial charge in [-0.2, -0.15) is 13.2 Å². The number of amides is 1. The van der Waals surface area contributed by atoms with E-state index in [0.29, 0.717) is 17.7 Å². The molecule has 1 saturated heterocycles. The molecule has 3 aromatic rings. The lowest BCUT2D eigenvalue weighted by atomic mass is 10.1. The molecule has 0 saturated carbocycles. The van der Waals surface area contributed by atoms with Crippen LogP contribution in [0.2, 0.25) is 0 Å². The van der Waals surface area contributed by atoms with Gasteiger partial charge in [-0.1, -0.05) is 30.3 Å². The van der Waals surface area contributed by atoms with E-state index in [1.807, 2.05) is 6.07 Å². The minimum Gasteiger partial charge on any atom is -0.459 e. The van der Waals surface area contributed by atoms with Gasteiger partial charge in [-0.15, -0.1) is 0 Å². The number of nitrogens with zero attached hydrogens (tertiary/aromatic N) is 1. The van der Waals surface area contributed by atoms with Crippen LogP contribution < -0.4 is 0 Å². The number of rotatable bonds is 5. The Balaban J connectivity index is 1.63. The van der Waals surface area contributed by atoms with Crippen LogP contribution >= 0.6 is 0 Å². The molecule has 0 aliphatic carbocycles. The van der Waals surface area contributed by atoms with Gasteiger partial charge >= 0.3 is 6.18 Å². The van der Waals surface area contributed by atoms with Crippen molar-refractivity contribution in [3.8, 4) is 11.3 Å². The molecule has 2 aromatic carbocycles. The topological polar surface area (TPSA) is 67.6 Å². The van der Waals surface area contributed by atoms with Crippen LogP contribution in [0.15, 0.2) is 65.1 Å². The third kappa shape index (κ3) is 5.13. The monoisotopic (exact) mass is 477 g/mol. The fourth-order valence-electron chi connectivity index (χ4n) is 3.99. The molecular weight excluding hydrogens is 455 g/mol. The van der Waals surface area contributed by atoms with Crippen LogP contribution in [0.4, 0.5) is 13.2 Å². The van der Waals surface area contributed by atoms with Gasteiger partial charge in [0.15, 0.2) is 9.84 Å². The number of hydrogen-bond donors (Lipinski definition) is 0. The predicted molar refractivity (Wildman–Crippen MR) is 117 cm³/mol. The molecule has 4 rings (SSSR count). The number of benzene rings is 2. The Morgan fingerprint density at radius 3 is 2.52 bits per heavy atom. The maximum Gasteiger partial charge on any atom is 0.416 e. The van der Waals surface area contributed by atoms with E-state index in [-0.39, 0.29) is 35.3 Å². The average molecular weight is 478 g/mol. The third-order valence-electron chi connectivity index (χ3n) is 5.75. The van der Waals surface area contributed by atoms with Crippen molar-refractivity contribution in [2.45, 2.75) is 32.1 Å². The first kappa shape index (κ1) is 23.1. The van der Waals surface area contributed by atoms with Crippen molar-refractivity contribution in [1.82, 2.24) is 4.90 Å². The largest absolute Gasteiger partial charge is 0.459 e. The van der Waals surface area contributed by atoms with Crippen molar-refractivity contribution in [3.05, 3.63) is 83.1 Å². The summed E-state index contributed by atoms with van der Waals surface area (Å²) in [7, 11) is -3.25. The number of carbonyl (C=O) groups is 1. The molecule has 2 heterocycles. The Hall–Kier alpha value is -3.07. The zero-order valence-electron chi connectivity index (χ0n) is 17.8. The molecule has 1 aliphatic heterocycles. The van der Waals surface area contributed by atoms with E-state index in [0.717, 1.165) is 17.7 Å². The molecule has 0 radical (unpaired) electrons. The highest BCUT2D eigenvalue weighted by molar-refractivity contribution is 7.91. The summed E-state index contributed by atoms with van der Waals surface area (Å²) >= 11 is 0. The van der Waals surface area contributed by atoms with E-state index in [2.05, 4.69) is 0 Å². The van der Waals surface area contributed by atoms with E-state index in [4.69, 9.17) is 4.42 Å². The maximum atomic E-state index is 13.4. The first-order valence-corrected chi connectivity index (χ1v) is 12.2. The van der Waals surface area contributed by atoms with Crippen LogP contribution in [-0.4, -0.2) is 36.8 Å². The van der Waals surface area contributed by atoms with Crippen molar-refractivity contribution in [2.75, 3.05) is 11.5 Å². The van der Waals surface area contributed by atoms with Gasteiger partial charge in [-0.25, -0.2) is 8.42 Å². The third-order valence-corrected chi connectivity index (χ3v) is 7.50. The standard InChI is InChI=1S/C24H22F3NO4S/c1-16-5-2-3-8-21(16)23(29)28(19-11-12-33(30,31)15-19)14-20-9-10-22(32-20)17-6-4-7-18(13-17)24(25,26)27/h2-10,13,19H,11-12,14-15H2,1H3/t19-/m1/s1. The lowest BCUT2D eigenvalue weighted by Gasteiger charge is -2.28. The molecule has 1 atom stereocenters. The second kappa shape index (κ2) is 8.70. The van der Waals surface area contributed by atoms with Gasteiger partial charge in [0.2, 0.25) is 0 Å². The summed E-state index contributed by atoms with van der Waals surface area (Å²) in [4.78, 5) is 14.9. The van der Waals surface area contributed by atoms with E-state index >= 15 is 0 Å². The van der Waals surface area contributed by atoms with Gasteiger partial charge in [0.1, 0.15) is 11.5 Å². The van der Waals surface area contributed by atoms with Crippen LogP contribution in [-0.2, 0) is 22.6 Å². The summed E-state index contributed by atoms with van der Waals surface area (Å²) in [5.41, 5.74) is 0.700. The lowest BCUT2D eigenvalue weighted by molar-refractivity contribution is -0.137. The first-order valence-electron chi connectivity index (χ1n) is 10.4. The maximum absolute atomic E-state index is 13.4. The van der Waals surface area contributed by atoms with Gasteiger partial charge in [0.05, 0.1) is 23.6 Å². The minimum atomic E-state index is -4.48. The summed E-state index contributed by atoms with van der Waals surface area (Å²) in [6.45, 7) is 1.81. The Bertz CT molecular complexity index is 1280. The molecule has 1 amide bonds. The summed E-state index contributed by atoms with van der Waals surface area (Å²) in [5.74, 6) is 0.147. The fraction of sp³-hybridized carbons (Fsp3) is 0.292. The molecule has 0 unspecified atom stereocenters. The van der Waals surface area contributed by atoms with Crippen molar-refractivity contribution in [2.24, 2.45) is 0 Å². The van der Waals surface area contributed by atoms with Crippen LogP contribution in [0, 0.1) is 6.92 Å². The van der Waals surface area contributed by atoms with Crippen LogP contribution in [0.5, 0.6) is 0 Å². The number of sulfone groups is 1. The molecule has 174 valence electrons. The zero-order chi connectivity index (χ0) is 23.8. The summed E-state index contributed by atoms with van der Waals surface area (Å²) in [6, 6.07) is 14.5. The van der Waals surface area contributed by atoms with E-state index in [9.17, 15) is 26.4 Å². The van der Waals surface area contributed by atoms with E-state index in [1.54, 1.807) is 37.3 Å². The van der Waals surface area contributed by atoms with Gasteiger partial charge in [-0.05, 0) is 49.2 Å². The van der Waals surface area contributed by atoms with Crippen molar-refractivity contribution >= 4 is 15.7 Å². The van der Waals surface area contributed by atoms with Gasteiger partial charge in [0.25, 0.3) is 5.91 Å². The Morgan fingerprint density at radius 1 is 1.09 bits per heavy atom. The highest BCUT2D eigenvalue weighted by Crippen LogP contribution is 2.33. The predicted octanol–water partition coefficient (Wildman–Crippen LogP) is 5.10. The number of hydrogen-bond acceptors (Lipinski definition) is 4. The summed E-state index contributed by atoms with van der Waals surface area (Å²) in [6.07, 6.45) is -4.16. The Labute approximate surface area is 189 Å². The van der Waals surface area contributed by atoms with Crippen molar-refractivity contribution in [1.29, 1.82) is 0 Å². The molecule has 9 heteroatoms. The molecule has 1 aliphatic rings. The van der Waals surface area contributed by atoms with Gasteiger partial charge < -0.3 is 9.32 Å². The van der Waals surface area contributed by atoms with Crippen molar-refractivity contribution < 1.29 is 30.8 Å². The lowest BCUT2D eigenvalue weighted by Crippen LogP contribution is -2.40. The SMILES string of the molecule is Cc1ccccc1C(=O)N(Cc1ccc(-c2cccc(C(F)(F)F)c2)o1)[C@@H]1CCS(=O)(=O)C1. The number of furan rings is 1. The second-order valence-corrected chi connectivity index (χ2v) is 10.4. The quantitative estimate of drug-likeness (QED) is 0.513. The minimum absolute atomic E-state index is 0.00284. The number of halogens is 3. The van der Waals surface area contributed by atoms with E-state index < -0.39 is 27.6 Å². The molecule has 0 spiro atoms. The molecule has 1 aromatic heterocycles. The number of aryl methyl sites for hydroxylation is 1. The molecule has 0 N–H and O–H groups in total. The van der Waals surface area contributed by atoms with E-state index in [1.165, 1.54) is 17.0 Å². The molecular formula is C24H22F3NO4S. The molecule has 33 heavy (non-hydrogen) atoms. The van der Waals surface area contributed by atoms with Crippen LogP contribution in [0.1, 0.15) is 33.7 Å². The Kier molecular flexibility index (Phi) is 6.09. The average Bonchev–Trinajstić information content (AvgIpc) is 3.37. The smallest absolute Gasteiger partial charge is 0.416 e. The van der Waals surface area contributed by atoms with Crippen LogP contribution in [0.25, 0.3) is 11.3 Å². The zero-order valence-corrected chi connectivity index (χ0v) is 18.6. The normalized spacial score (nSPS) is 17.8. The van der Waals surface area contributed by atoms with Crippen molar-refractivity contribution in [3.63, 3.8) is 0 Å². The molecule has 0 bridgehead atoms. The Morgan fingerprint density at radius 2 is 1.85 bits per heavy atom. The number of alkyl halides is 3. The molecule has 5 nitrogen and oxygen atoms in total. The molecule has 1 fully saturated rings. The first-order chi connectivity index (χ1) is 15.5. The van der Waals surface area contributed by atoms with Gasteiger partial charge in [-0.3, -0.25) is 4.79 Å². The summed E-state index contributed by atoms with van der Waals surface area (Å²) in [5, 5.41) is 0. The van der Waals surface area contributed by atoms with Crippen LogP contribution in [0.3, 0.4) is 0 Å². The highest BCUT2D eigenvalue weighted by Gasteiger charge is 2.36. The summed E-state index contributed by atoms with van der Waals surface area (Å²) < 4.78 is 69.1. The number of carbonyl (C=O) groups excluding carboxylic acids is 1. The highest BCUT2D eigenvalue weighted by atomic mass is 32.2. The fourth-order valence-corrected chi connectivity index (χ4v) is 5.72.